The number of pyridine rings is 1. The molecule has 1 aliphatic carbocycles. The molecule has 2 amide bonds. The normalized spacial score (nSPS) is 24.8. The van der Waals surface area contributed by atoms with Crippen molar-refractivity contribution in [2.45, 2.75) is 78.9 Å². The molecular formula is C27H36ClN5O3. The zero-order valence-electron chi connectivity index (χ0n) is 21.9. The van der Waals surface area contributed by atoms with Gasteiger partial charge in [0.05, 0.1) is 11.2 Å². The number of aromatic nitrogens is 3. The molecule has 0 bridgehead atoms. The largest absolute Gasteiger partial charge is 0.444 e. The predicted octanol–water partition coefficient (Wildman–Crippen LogP) is 5.55. The van der Waals surface area contributed by atoms with Crippen molar-refractivity contribution in [2.24, 2.45) is 16.7 Å². The molecule has 1 saturated heterocycles. The van der Waals surface area contributed by atoms with Gasteiger partial charge in [0.15, 0.2) is 0 Å². The van der Waals surface area contributed by atoms with Crippen LogP contribution < -0.4 is 5.32 Å². The topological polar surface area (TPSA) is 89.3 Å². The number of hydrogen-bond acceptors (Lipinski definition) is 5. The first-order valence-corrected chi connectivity index (χ1v) is 13.2. The van der Waals surface area contributed by atoms with Crippen LogP contribution >= 0.6 is 11.6 Å². The maximum Gasteiger partial charge on any atom is 0.410 e. The standard InChI is InChI=1S/C27H36ClN5O3/c1-25(2,3)36-24(35)32-9-8-27(16-32)7-6-17(11-27)23(34)31-22-10-18(20(28)14-29-22)19-13-30-33-15-26(4,5)12-21(19)33/h10,13-14,17H,6-9,11-12,15-16H2,1-5H3,(H,29,31,34). The van der Waals surface area contributed by atoms with Crippen LogP contribution in [0.15, 0.2) is 18.5 Å². The lowest BCUT2D eigenvalue weighted by Crippen LogP contribution is -2.36. The number of halogens is 1. The summed E-state index contributed by atoms with van der Waals surface area (Å²) in [4.78, 5) is 31.9. The third-order valence-corrected chi connectivity index (χ3v) is 8.03. The number of amides is 2. The molecule has 0 radical (unpaired) electrons. The van der Waals surface area contributed by atoms with Gasteiger partial charge in [0.1, 0.15) is 11.4 Å². The van der Waals surface area contributed by atoms with Gasteiger partial charge in [0.25, 0.3) is 0 Å². The Labute approximate surface area is 217 Å². The third-order valence-electron chi connectivity index (χ3n) is 7.73. The Balaban J connectivity index is 1.25. The number of rotatable bonds is 3. The van der Waals surface area contributed by atoms with Crippen LogP contribution in [0.4, 0.5) is 10.6 Å². The van der Waals surface area contributed by atoms with Gasteiger partial charge in [-0.25, -0.2) is 9.78 Å². The zero-order valence-corrected chi connectivity index (χ0v) is 22.6. The molecule has 36 heavy (non-hydrogen) atoms. The van der Waals surface area contributed by atoms with E-state index in [1.807, 2.05) is 37.7 Å². The fourth-order valence-corrected chi connectivity index (χ4v) is 6.24. The second-order valence-corrected chi connectivity index (χ2v) is 13.0. The van der Waals surface area contributed by atoms with Crippen molar-refractivity contribution >= 4 is 29.4 Å². The number of nitrogens with zero attached hydrogens (tertiary/aromatic N) is 4. The van der Waals surface area contributed by atoms with E-state index in [1.165, 1.54) is 5.69 Å². The minimum Gasteiger partial charge on any atom is -0.444 e. The molecule has 2 aliphatic heterocycles. The van der Waals surface area contributed by atoms with Gasteiger partial charge in [-0.2, -0.15) is 5.10 Å². The van der Waals surface area contributed by atoms with E-state index >= 15 is 0 Å². The van der Waals surface area contributed by atoms with Crippen LogP contribution in [0.5, 0.6) is 0 Å². The minimum atomic E-state index is -0.511. The van der Waals surface area contributed by atoms with E-state index in [-0.39, 0.29) is 28.7 Å². The molecule has 2 fully saturated rings. The van der Waals surface area contributed by atoms with Crippen molar-refractivity contribution in [3.63, 3.8) is 0 Å². The highest BCUT2D eigenvalue weighted by Gasteiger charge is 2.47. The minimum absolute atomic E-state index is 0.0109. The number of fused-ring (bicyclic) bond motifs is 1. The molecule has 2 aromatic rings. The van der Waals surface area contributed by atoms with Crippen molar-refractivity contribution in [1.29, 1.82) is 0 Å². The van der Waals surface area contributed by atoms with Crippen LogP contribution in [0.3, 0.4) is 0 Å². The Bertz CT molecular complexity index is 1200. The first-order valence-electron chi connectivity index (χ1n) is 12.8. The van der Waals surface area contributed by atoms with E-state index in [4.69, 9.17) is 16.3 Å². The van der Waals surface area contributed by atoms with Crippen LogP contribution in [-0.2, 0) is 22.5 Å². The molecule has 3 aliphatic rings. The molecule has 5 rings (SSSR count). The van der Waals surface area contributed by atoms with Gasteiger partial charge >= 0.3 is 6.09 Å². The van der Waals surface area contributed by atoms with Gasteiger partial charge in [-0.05, 0) is 69.8 Å². The van der Waals surface area contributed by atoms with E-state index < -0.39 is 5.60 Å². The summed E-state index contributed by atoms with van der Waals surface area (Å²) in [5, 5.41) is 8.13. The van der Waals surface area contributed by atoms with Crippen LogP contribution in [0, 0.1) is 16.7 Å². The highest BCUT2D eigenvalue weighted by atomic mass is 35.5. The average molecular weight is 514 g/mol. The molecule has 194 valence electrons. The summed E-state index contributed by atoms with van der Waals surface area (Å²) < 4.78 is 7.60. The van der Waals surface area contributed by atoms with E-state index in [2.05, 4.69) is 29.2 Å². The van der Waals surface area contributed by atoms with Crippen molar-refractivity contribution in [3.05, 3.63) is 29.2 Å². The number of likely N-dealkylation sites (tertiary alicyclic amines) is 1. The van der Waals surface area contributed by atoms with Crippen LogP contribution in [0.2, 0.25) is 5.02 Å². The SMILES string of the molecule is CC1(C)Cc2c(-c3cc(NC(=O)C4CCC5(CCN(C(=O)OC(C)(C)C)C5)C4)ncc3Cl)cnn2C1. The summed E-state index contributed by atoms with van der Waals surface area (Å²) in [6, 6.07) is 1.86. The maximum atomic E-state index is 13.2. The highest BCUT2D eigenvalue weighted by molar-refractivity contribution is 6.33. The van der Waals surface area contributed by atoms with Gasteiger partial charge in [0.2, 0.25) is 5.91 Å². The Hall–Kier alpha value is -2.61. The summed E-state index contributed by atoms with van der Waals surface area (Å²) in [6.45, 7) is 12.3. The number of carbonyl (C=O) groups is 2. The molecule has 2 atom stereocenters. The quantitative estimate of drug-likeness (QED) is 0.581. The molecule has 2 unspecified atom stereocenters. The van der Waals surface area contributed by atoms with Crippen molar-refractivity contribution in [1.82, 2.24) is 19.7 Å². The van der Waals surface area contributed by atoms with E-state index in [9.17, 15) is 9.59 Å². The van der Waals surface area contributed by atoms with Gasteiger partial charge < -0.3 is 15.0 Å². The lowest BCUT2D eigenvalue weighted by atomic mass is 9.84. The van der Waals surface area contributed by atoms with Gasteiger partial charge in [-0.1, -0.05) is 25.4 Å². The van der Waals surface area contributed by atoms with Gasteiger partial charge in [-0.15, -0.1) is 0 Å². The van der Waals surface area contributed by atoms with Crippen LogP contribution in [-0.4, -0.2) is 50.4 Å². The van der Waals surface area contributed by atoms with E-state index in [0.717, 1.165) is 49.8 Å². The van der Waals surface area contributed by atoms with Crippen molar-refractivity contribution < 1.29 is 14.3 Å². The van der Waals surface area contributed by atoms with Crippen LogP contribution in [0.1, 0.15) is 66.0 Å². The number of nitrogens with one attached hydrogen (secondary N) is 1. The smallest absolute Gasteiger partial charge is 0.410 e. The first kappa shape index (κ1) is 25.1. The molecule has 1 spiro atoms. The summed E-state index contributed by atoms with van der Waals surface area (Å²) in [6.07, 6.45) is 7.53. The predicted molar refractivity (Wildman–Crippen MR) is 139 cm³/mol. The third kappa shape index (κ3) is 4.97. The van der Waals surface area contributed by atoms with Crippen LogP contribution in [0.25, 0.3) is 11.1 Å². The Morgan fingerprint density at radius 3 is 2.69 bits per heavy atom. The van der Waals surface area contributed by atoms with Crippen molar-refractivity contribution in [2.75, 3.05) is 18.4 Å². The highest BCUT2D eigenvalue weighted by Crippen LogP contribution is 2.48. The summed E-state index contributed by atoms with van der Waals surface area (Å²) >= 11 is 6.53. The molecule has 9 heteroatoms. The lowest BCUT2D eigenvalue weighted by Gasteiger charge is -2.27. The molecule has 4 heterocycles. The Morgan fingerprint density at radius 2 is 1.94 bits per heavy atom. The fourth-order valence-electron chi connectivity index (χ4n) is 6.03. The molecule has 1 N–H and O–H groups in total. The number of ether oxygens (including phenoxy) is 1. The first-order chi connectivity index (χ1) is 16.8. The molecule has 8 nitrogen and oxygen atoms in total. The number of hydrogen-bond donors (Lipinski definition) is 1. The van der Waals surface area contributed by atoms with E-state index in [1.54, 1.807) is 11.1 Å². The molecule has 0 aromatic carbocycles. The Kier molecular flexibility index (Phi) is 6.09. The molecule has 1 saturated carbocycles. The van der Waals surface area contributed by atoms with Gasteiger partial charge in [0, 0.05) is 48.6 Å². The maximum absolute atomic E-state index is 13.2. The van der Waals surface area contributed by atoms with Gasteiger partial charge in [-0.3, -0.25) is 9.48 Å². The summed E-state index contributed by atoms with van der Waals surface area (Å²) in [7, 11) is 0. The second-order valence-electron chi connectivity index (χ2n) is 12.6. The average Bonchev–Trinajstić information content (AvgIpc) is 3.53. The summed E-state index contributed by atoms with van der Waals surface area (Å²) in [5.41, 5.74) is 2.64. The Morgan fingerprint density at radius 1 is 1.17 bits per heavy atom. The zero-order chi connectivity index (χ0) is 25.9. The second kappa shape index (κ2) is 8.75. The molecule has 2 aromatic heterocycles. The van der Waals surface area contributed by atoms with E-state index in [0.29, 0.717) is 23.9 Å². The summed E-state index contributed by atoms with van der Waals surface area (Å²) in [5.74, 6) is 0.370. The number of anilines is 1. The monoisotopic (exact) mass is 513 g/mol. The molecular weight excluding hydrogens is 478 g/mol. The fraction of sp³-hybridized carbons (Fsp3) is 0.630. The van der Waals surface area contributed by atoms with Crippen molar-refractivity contribution in [3.8, 4) is 11.1 Å². The number of carbonyl (C=O) groups excluding carboxylic acids is 2. The lowest BCUT2D eigenvalue weighted by molar-refractivity contribution is -0.119.